The second kappa shape index (κ2) is 5.84. The van der Waals surface area contributed by atoms with Crippen LogP contribution in [0.4, 0.5) is 0 Å². The third-order valence-electron chi connectivity index (χ3n) is 3.98. The highest BCUT2D eigenvalue weighted by Crippen LogP contribution is 2.16. The molecule has 120 valence electrons. The summed E-state index contributed by atoms with van der Waals surface area (Å²) in [6.45, 7) is 2.81. The van der Waals surface area contributed by atoms with Crippen LogP contribution in [-0.2, 0) is 6.54 Å². The topological polar surface area (TPSA) is 78.0 Å². The van der Waals surface area contributed by atoms with Crippen molar-refractivity contribution in [3.63, 3.8) is 0 Å². The van der Waals surface area contributed by atoms with E-state index < -0.39 is 0 Å². The molecule has 0 radical (unpaired) electrons. The summed E-state index contributed by atoms with van der Waals surface area (Å²) >= 11 is 0. The van der Waals surface area contributed by atoms with Gasteiger partial charge in [0.1, 0.15) is 0 Å². The van der Waals surface area contributed by atoms with E-state index in [4.69, 9.17) is 0 Å². The predicted molar refractivity (Wildman–Crippen MR) is 90.7 cm³/mol. The Morgan fingerprint density at radius 2 is 2.12 bits per heavy atom. The van der Waals surface area contributed by atoms with Gasteiger partial charge in [-0.3, -0.25) is 9.78 Å². The van der Waals surface area contributed by atoms with Crippen molar-refractivity contribution in [1.82, 2.24) is 29.1 Å². The number of aryl methyl sites for hydroxylation is 1. The molecule has 0 aliphatic carbocycles. The van der Waals surface area contributed by atoms with Crippen LogP contribution in [0.5, 0.6) is 0 Å². The van der Waals surface area contributed by atoms with Crippen molar-refractivity contribution in [3.05, 3.63) is 53.3 Å². The van der Waals surface area contributed by atoms with Gasteiger partial charge in [-0.15, -0.1) is 5.10 Å². The summed E-state index contributed by atoms with van der Waals surface area (Å²) in [6.07, 6.45) is 8.80. The molecular formula is C17H16N6O. The smallest absolute Gasteiger partial charge is 0.261 e. The Kier molecular flexibility index (Phi) is 3.53. The number of hydrogen-bond donors (Lipinski definition) is 0. The van der Waals surface area contributed by atoms with E-state index in [0.717, 1.165) is 18.4 Å². The average Bonchev–Trinajstić information content (AvgIpc) is 3.06. The molecule has 0 atom stereocenters. The van der Waals surface area contributed by atoms with E-state index in [1.807, 2.05) is 24.4 Å². The van der Waals surface area contributed by atoms with Crippen LogP contribution < -0.4 is 5.56 Å². The summed E-state index contributed by atoms with van der Waals surface area (Å²) in [7, 11) is 0. The highest BCUT2D eigenvalue weighted by Gasteiger charge is 2.12. The van der Waals surface area contributed by atoms with Crippen LogP contribution in [-0.4, -0.2) is 29.1 Å². The Hall–Kier alpha value is -3.09. The molecule has 0 saturated heterocycles. The lowest BCUT2D eigenvalue weighted by Gasteiger charge is -2.06. The SMILES string of the molecule is CCCCn1ccc2c(cnc3nc(-c4cccnc4)nn32)c1=O. The molecule has 7 nitrogen and oxygen atoms in total. The second-order valence-corrected chi connectivity index (χ2v) is 5.61. The van der Waals surface area contributed by atoms with E-state index in [1.54, 1.807) is 27.7 Å². The first-order chi connectivity index (χ1) is 11.8. The summed E-state index contributed by atoms with van der Waals surface area (Å²) in [6, 6.07) is 5.61. The zero-order chi connectivity index (χ0) is 16.5. The van der Waals surface area contributed by atoms with Crippen LogP contribution in [0.3, 0.4) is 0 Å². The molecule has 0 fully saturated rings. The number of rotatable bonds is 4. The van der Waals surface area contributed by atoms with Crippen molar-refractivity contribution in [3.8, 4) is 11.4 Å². The Morgan fingerprint density at radius 3 is 2.92 bits per heavy atom. The van der Waals surface area contributed by atoms with Gasteiger partial charge >= 0.3 is 0 Å². The van der Waals surface area contributed by atoms with Crippen molar-refractivity contribution >= 4 is 16.7 Å². The van der Waals surface area contributed by atoms with Gasteiger partial charge in [-0.25, -0.2) is 4.98 Å². The van der Waals surface area contributed by atoms with Crippen molar-refractivity contribution < 1.29 is 0 Å². The van der Waals surface area contributed by atoms with Crippen LogP contribution in [0.2, 0.25) is 0 Å². The van der Waals surface area contributed by atoms with Crippen LogP contribution in [0.25, 0.3) is 28.1 Å². The highest BCUT2D eigenvalue weighted by molar-refractivity contribution is 5.79. The fourth-order valence-corrected chi connectivity index (χ4v) is 2.68. The van der Waals surface area contributed by atoms with Crippen LogP contribution in [0.15, 0.2) is 47.8 Å². The summed E-state index contributed by atoms with van der Waals surface area (Å²) < 4.78 is 3.33. The van der Waals surface area contributed by atoms with Gasteiger partial charge in [-0.05, 0) is 24.6 Å². The molecule has 0 aliphatic heterocycles. The van der Waals surface area contributed by atoms with E-state index in [-0.39, 0.29) is 5.56 Å². The van der Waals surface area contributed by atoms with E-state index in [1.165, 1.54) is 0 Å². The average molecular weight is 320 g/mol. The highest BCUT2D eigenvalue weighted by atomic mass is 16.1. The summed E-state index contributed by atoms with van der Waals surface area (Å²) in [5, 5.41) is 5.04. The quantitative estimate of drug-likeness (QED) is 0.576. The zero-order valence-corrected chi connectivity index (χ0v) is 13.3. The summed E-state index contributed by atoms with van der Waals surface area (Å²) in [5.74, 6) is 1.00. The summed E-state index contributed by atoms with van der Waals surface area (Å²) in [4.78, 5) is 25.4. The maximum absolute atomic E-state index is 12.6. The Bertz CT molecular complexity index is 1070. The van der Waals surface area contributed by atoms with Gasteiger partial charge in [0, 0.05) is 36.9 Å². The first-order valence-electron chi connectivity index (χ1n) is 7.93. The molecule has 4 heterocycles. The Balaban J connectivity index is 1.90. The lowest BCUT2D eigenvalue weighted by molar-refractivity contribution is 0.616. The third-order valence-corrected chi connectivity index (χ3v) is 3.98. The standard InChI is InChI=1S/C17H16N6O/c1-2-3-8-22-9-6-14-13(16(22)24)11-19-17-20-15(21-23(14)17)12-5-4-7-18-10-12/h4-7,9-11H,2-3,8H2,1H3. The molecule has 4 aromatic heterocycles. The number of aromatic nitrogens is 6. The monoisotopic (exact) mass is 320 g/mol. The number of fused-ring (bicyclic) bond motifs is 3. The summed E-state index contributed by atoms with van der Waals surface area (Å²) in [5.41, 5.74) is 1.47. The van der Waals surface area contributed by atoms with Gasteiger partial charge in [-0.1, -0.05) is 13.3 Å². The van der Waals surface area contributed by atoms with Crippen LogP contribution >= 0.6 is 0 Å². The fraction of sp³-hybridized carbons (Fsp3) is 0.235. The molecule has 0 aliphatic rings. The van der Waals surface area contributed by atoms with Gasteiger partial charge in [0.25, 0.3) is 11.3 Å². The molecule has 0 bridgehead atoms. The maximum atomic E-state index is 12.6. The third kappa shape index (κ3) is 2.34. The normalized spacial score (nSPS) is 11.4. The van der Waals surface area contributed by atoms with E-state index in [0.29, 0.717) is 29.0 Å². The zero-order valence-electron chi connectivity index (χ0n) is 13.3. The van der Waals surface area contributed by atoms with Gasteiger partial charge < -0.3 is 4.57 Å². The molecular weight excluding hydrogens is 304 g/mol. The molecule has 24 heavy (non-hydrogen) atoms. The lowest BCUT2D eigenvalue weighted by Crippen LogP contribution is -2.20. The van der Waals surface area contributed by atoms with Crippen molar-refractivity contribution in [2.45, 2.75) is 26.3 Å². The van der Waals surface area contributed by atoms with E-state index in [9.17, 15) is 4.79 Å². The molecule has 0 saturated carbocycles. The van der Waals surface area contributed by atoms with Gasteiger partial charge in [0.05, 0.1) is 10.9 Å². The maximum Gasteiger partial charge on any atom is 0.261 e. The van der Waals surface area contributed by atoms with E-state index >= 15 is 0 Å². The molecule has 0 amide bonds. The van der Waals surface area contributed by atoms with Gasteiger partial charge in [0.15, 0.2) is 5.82 Å². The minimum absolute atomic E-state index is 0.0474. The molecule has 4 aromatic rings. The number of hydrogen-bond acceptors (Lipinski definition) is 5. The Labute approximate surface area is 137 Å². The van der Waals surface area contributed by atoms with E-state index in [2.05, 4.69) is 27.0 Å². The first kappa shape index (κ1) is 14.5. The number of unbranched alkanes of at least 4 members (excludes halogenated alkanes) is 1. The molecule has 0 spiro atoms. The molecule has 0 aromatic carbocycles. The number of pyridine rings is 2. The largest absolute Gasteiger partial charge is 0.315 e. The van der Waals surface area contributed by atoms with Crippen LogP contribution in [0, 0.1) is 0 Å². The fourth-order valence-electron chi connectivity index (χ4n) is 2.68. The van der Waals surface area contributed by atoms with Gasteiger partial charge in [0.2, 0.25) is 0 Å². The van der Waals surface area contributed by atoms with Crippen molar-refractivity contribution in [2.75, 3.05) is 0 Å². The minimum atomic E-state index is -0.0474. The Morgan fingerprint density at radius 1 is 1.21 bits per heavy atom. The van der Waals surface area contributed by atoms with Crippen molar-refractivity contribution in [2.24, 2.45) is 0 Å². The van der Waals surface area contributed by atoms with Gasteiger partial charge in [-0.2, -0.15) is 9.50 Å². The molecule has 7 heteroatoms. The van der Waals surface area contributed by atoms with Crippen LogP contribution in [0.1, 0.15) is 19.8 Å². The second-order valence-electron chi connectivity index (χ2n) is 5.61. The lowest BCUT2D eigenvalue weighted by atomic mass is 10.3. The number of nitrogens with zero attached hydrogens (tertiary/aromatic N) is 6. The molecule has 0 N–H and O–H groups in total. The minimum Gasteiger partial charge on any atom is -0.315 e. The first-order valence-corrected chi connectivity index (χ1v) is 7.93. The predicted octanol–water partition coefficient (Wildman–Crippen LogP) is 2.30. The molecule has 0 unspecified atom stereocenters. The molecule has 4 rings (SSSR count). The van der Waals surface area contributed by atoms with Crippen molar-refractivity contribution in [1.29, 1.82) is 0 Å².